The zero-order chi connectivity index (χ0) is 19.7. The highest BCUT2D eigenvalue weighted by Crippen LogP contribution is 2.11. The Kier molecular flexibility index (Phi) is 6.66. The van der Waals surface area contributed by atoms with Gasteiger partial charge in [0, 0.05) is 24.7 Å². The Bertz CT molecular complexity index is 994. The normalized spacial score (nSPS) is 11.4. The van der Waals surface area contributed by atoms with Crippen molar-refractivity contribution >= 4 is 33.6 Å². The second-order valence-corrected chi connectivity index (χ2v) is 7.37. The summed E-state index contributed by atoms with van der Waals surface area (Å²) in [4.78, 5) is 4.15. The third-order valence-electron chi connectivity index (χ3n) is 3.56. The number of rotatable bonds is 9. The molecule has 0 radical (unpaired) electrons. The number of nitrogens with zero attached hydrogens (tertiary/aromatic N) is 3. The van der Waals surface area contributed by atoms with Gasteiger partial charge < -0.3 is 10.6 Å². The first-order chi connectivity index (χ1) is 13.6. The number of hydrogen-bond acceptors (Lipinski definition) is 7. The first-order valence-electron chi connectivity index (χ1n) is 8.59. The van der Waals surface area contributed by atoms with Gasteiger partial charge in [0.25, 0.3) is 0 Å². The minimum Gasteiger partial charge on any atom is -0.367 e. The maximum atomic E-state index is 12.0. The van der Waals surface area contributed by atoms with Crippen molar-refractivity contribution in [2.24, 2.45) is 0 Å². The van der Waals surface area contributed by atoms with E-state index < -0.39 is 10.0 Å². The van der Waals surface area contributed by atoms with E-state index in [1.807, 2.05) is 48.5 Å². The molecule has 0 unspecified atom stereocenters. The Morgan fingerprint density at radius 1 is 0.821 bits per heavy atom. The fraction of sp³-hybridized carbons (Fsp3) is 0.105. The van der Waals surface area contributed by atoms with E-state index in [0.717, 1.165) is 11.0 Å². The zero-order valence-corrected chi connectivity index (χ0v) is 15.8. The average Bonchev–Trinajstić information content (AvgIpc) is 2.73. The molecule has 0 fully saturated rings. The Balaban J connectivity index is 1.43. The second kappa shape index (κ2) is 9.58. The van der Waals surface area contributed by atoms with E-state index in [4.69, 9.17) is 0 Å². The van der Waals surface area contributed by atoms with Crippen molar-refractivity contribution in [3.8, 4) is 0 Å². The summed E-state index contributed by atoms with van der Waals surface area (Å²) in [5.74, 6) is 1.79. The van der Waals surface area contributed by atoms with Crippen LogP contribution in [-0.2, 0) is 10.0 Å². The van der Waals surface area contributed by atoms with Crippen LogP contribution in [0.1, 0.15) is 5.56 Å². The molecule has 0 bridgehead atoms. The summed E-state index contributed by atoms with van der Waals surface area (Å²) in [7, 11) is -3.50. The van der Waals surface area contributed by atoms with Gasteiger partial charge in [0.15, 0.2) is 5.82 Å². The molecule has 0 saturated heterocycles. The van der Waals surface area contributed by atoms with Gasteiger partial charge in [-0.25, -0.2) is 18.1 Å². The van der Waals surface area contributed by atoms with E-state index in [1.165, 1.54) is 0 Å². The molecule has 2 aromatic heterocycles. The number of hydrogen-bond donors (Lipinski definition) is 3. The SMILES string of the molecule is O=S(=O)(/C=C/c1ccccc1)NCCNc1ccc(Nc2ccccn2)nn1. The fourth-order valence-electron chi connectivity index (χ4n) is 2.23. The van der Waals surface area contributed by atoms with Crippen LogP contribution >= 0.6 is 0 Å². The minimum atomic E-state index is -3.50. The molecule has 2 heterocycles. The third kappa shape index (κ3) is 6.45. The Morgan fingerprint density at radius 3 is 2.29 bits per heavy atom. The van der Waals surface area contributed by atoms with Crippen LogP contribution < -0.4 is 15.4 Å². The highest BCUT2D eigenvalue weighted by molar-refractivity contribution is 7.92. The van der Waals surface area contributed by atoms with E-state index in [2.05, 4.69) is 30.5 Å². The molecular weight excluding hydrogens is 376 g/mol. The van der Waals surface area contributed by atoms with Gasteiger partial charge in [-0.3, -0.25) is 0 Å². The smallest absolute Gasteiger partial charge is 0.233 e. The molecule has 0 amide bonds. The summed E-state index contributed by atoms with van der Waals surface area (Å²) in [6, 6.07) is 18.3. The van der Waals surface area contributed by atoms with E-state index >= 15 is 0 Å². The van der Waals surface area contributed by atoms with Crippen molar-refractivity contribution in [2.75, 3.05) is 23.7 Å². The van der Waals surface area contributed by atoms with Gasteiger partial charge in [-0.15, -0.1) is 10.2 Å². The molecule has 0 spiro atoms. The van der Waals surface area contributed by atoms with Gasteiger partial charge >= 0.3 is 0 Å². The van der Waals surface area contributed by atoms with Gasteiger partial charge in [0.2, 0.25) is 10.0 Å². The van der Waals surface area contributed by atoms with Crippen LogP contribution in [0.3, 0.4) is 0 Å². The first-order valence-corrected chi connectivity index (χ1v) is 10.1. The highest BCUT2D eigenvalue weighted by atomic mass is 32.2. The average molecular weight is 396 g/mol. The van der Waals surface area contributed by atoms with Crippen molar-refractivity contribution in [3.63, 3.8) is 0 Å². The van der Waals surface area contributed by atoms with Crippen LogP contribution in [-0.4, -0.2) is 36.7 Å². The molecular formula is C19H20N6O2S. The van der Waals surface area contributed by atoms with Crippen LogP contribution in [0.2, 0.25) is 0 Å². The number of anilines is 3. The number of aromatic nitrogens is 3. The number of pyridine rings is 1. The maximum Gasteiger partial charge on any atom is 0.233 e. The van der Waals surface area contributed by atoms with Crippen molar-refractivity contribution in [1.29, 1.82) is 0 Å². The van der Waals surface area contributed by atoms with Crippen LogP contribution in [0.5, 0.6) is 0 Å². The van der Waals surface area contributed by atoms with E-state index in [1.54, 1.807) is 24.4 Å². The standard InChI is InChI=1S/C19H20N6O2S/c26-28(27,15-11-16-6-2-1-3-7-16)22-14-13-21-18-9-10-19(25-24-18)23-17-8-4-5-12-20-17/h1-12,15,22H,13-14H2,(H,21,24)(H,20,23,25)/b15-11+. The van der Waals surface area contributed by atoms with E-state index in [-0.39, 0.29) is 6.54 Å². The quantitative estimate of drug-likeness (QED) is 0.477. The predicted molar refractivity (Wildman–Crippen MR) is 110 cm³/mol. The molecule has 3 rings (SSSR count). The largest absolute Gasteiger partial charge is 0.367 e. The number of benzene rings is 1. The molecule has 1 aromatic carbocycles. The summed E-state index contributed by atoms with van der Waals surface area (Å²) in [6.07, 6.45) is 3.23. The minimum absolute atomic E-state index is 0.219. The lowest BCUT2D eigenvalue weighted by Crippen LogP contribution is -2.27. The third-order valence-corrected chi connectivity index (χ3v) is 4.66. The second-order valence-electron chi connectivity index (χ2n) is 5.72. The summed E-state index contributed by atoms with van der Waals surface area (Å²) in [5.41, 5.74) is 0.820. The lowest BCUT2D eigenvalue weighted by Gasteiger charge is -2.07. The van der Waals surface area contributed by atoms with Gasteiger partial charge in [-0.05, 0) is 35.9 Å². The van der Waals surface area contributed by atoms with Crippen LogP contribution in [0.15, 0.2) is 72.3 Å². The molecule has 8 nitrogen and oxygen atoms in total. The van der Waals surface area contributed by atoms with Crippen molar-refractivity contribution in [3.05, 3.63) is 77.8 Å². The number of sulfonamides is 1. The van der Waals surface area contributed by atoms with E-state index in [9.17, 15) is 8.42 Å². The van der Waals surface area contributed by atoms with Crippen molar-refractivity contribution in [1.82, 2.24) is 19.9 Å². The Hall–Kier alpha value is -3.30. The van der Waals surface area contributed by atoms with E-state index in [0.29, 0.717) is 24.0 Å². The van der Waals surface area contributed by atoms with Crippen molar-refractivity contribution in [2.45, 2.75) is 0 Å². The topological polar surface area (TPSA) is 109 Å². The van der Waals surface area contributed by atoms with Gasteiger partial charge in [-0.2, -0.15) is 0 Å². The predicted octanol–water partition coefficient (Wildman–Crippen LogP) is 2.62. The highest BCUT2D eigenvalue weighted by Gasteiger charge is 2.04. The first kappa shape index (κ1) is 19.5. The summed E-state index contributed by atoms with van der Waals surface area (Å²) in [6.45, 7) is 0.594. The van der Waals surface area contributed by atoms with Crippen molar-refractivity contribution < 1.29 is 8.42 Å². The molecule has 3 N–H and O–H groups in total. The molecule has 144 valence electrons. The Labute approximate surface area is 163 Å². The van der Waals surface area contributed by atoms with Gasteiger partial charge in [0.1, 0.15) is 11.6 Å². The molecule has 3 aromatic rings. The lowest BCUT2D eigenvalue weighted by atomic mass is 10.2. The summed E-state index contributed by atoms with van der Waals surface area (Å²) < 4.78 is 26.4. The molecule has 0 aliphatic rings. The molecule has 0 aliphatic heterocycles. The van der Waals surface area contributed by atoms with Crippen LogP contribution in [0, 0.1) is 0 Å². The van der Waals surface area contributed by atoms with Gasteiger partial charge in [0.05, 0.1) is 0 Å². The molecule has 9 heteroatoms. The monoisotopic (exact) mass is 396 g/mol. The zero-order valence-electron chi connectivity index (χ0n) is 15.0. The molecule has 0 atom stereocenters. The molecule has 28 heavy (non-hydrogen) atoms. The number of nitrogens with one attached hydrogen (secondary N) is 3. The summed E-state index contributed by atoms with van der Waals surface area (Å²) >= 11 is 0. The molecule has 0 saturated carbocycles. The fourth-order valence-corrected chi connectivity index (χ4v) is 3.04. The lowest BCUT2D eigenvalue weighted by molar-refractivity contribution is 0.592. The maximum absolute atomic E-state index is 12.0. The summed E-state index contributed by atoms with van der Waals surface area (Å²) in [5, 5.41) is 15.3. The Morgan fingerprint density at radius 2 is 1.57 bits per heavy atom. The van der Waals surface area contributed by atoms with Crippen LogP contribution in [0.25, 0.3) is 6.08 Å². The molecule has 0 aliphatic carbocycles. The van der Waals surface area contributed by atoms with Crippen LogP contribution in [0.4, 0.5) is 17.5 Å². The van der Waals surface area contributed by atoms with Gasteiger partial charge in [-0.1, -0.05) is 36.4 Å².